The molecule has 0 amide bonds. The molecule has 7 rings (SSSR count). The average molecular weight is 524 g/mol. The van der Waals surface area contributed by atoms with Crippen LogP contribution in [0.25, 0.3) is 60.3 Å². The summed E-state index contributed by atoms with van der Waals surface area (Å²) in [6, 6.07) is 34.0. The van der Waals surface area contributed by atoms with Crippen LogP contribution in [0, 0.1) is 12.7 Å². The number of hydrogen-bond donors (Lipinski definition) is 0. The third-order valence-electron chi connectivity index (χ3n) is 8.39. The zero-order valence-electron chi connectivity index (χ0n) is 23.6. The zero-order chi connectivity index (χ0) is 27.8. The second-order valence-corrected chi connectivity index (χ2v) is 11.9. The summed E-state index contributed by atoms with van der Waals surface area (Å²) in [7, 11) is 1.95. The standard InChI is InChI=1S/C37H32FN2/c1-23-25-12-6-7-13-26(25)32(37(2,3)4)21-30(23)36-29-19-18-24(20-31(29)33(38)22-39(36)5)40-34-16-10-8-14-27(34)28-15-9-11-17-35(28)40/h6-22H,1-5H3/q+1. The zero-order valence-corrected chi connectivity index (χ0v) is 23.6. The van der Waals surface area contributed by atoms with E-state index in [2.05, 4.69) is 123 Å². The van der Waals surface area contributed by atoms with Crippen LogP contribution in [0.5, 0.6) is 0 Å². The van der Waals surface area contributed by atoms with Gasteiger partial charge in [0.1, 0.15) is 7.05 Å². The van der Waals surface area contributed by atoms with E-state index in [-0.39, 0.29) is 11.2 Å². The number of nitrogens with zero attached hydrogens (tertiary/aromatic N) is 2. The highest BCUT2D eigenvalue weighted by molar-refractivity contribution is 6.09. The van der Waals surface area contributed by atoms with Gasteiger partial charge in [0, 0.05) is 21.8 Å². The molecule has 5 aromatic carbocycles. The van der Waals surface area contributed by atoms with Gasteiger partial charge in [0.25, 0.3) is 0 Å². The number of benzene rings is 5. The van der Waals surface area contributed by atoms with Gasteiger partial charge in [-0.15, -0.1) is 0 Å². The summed E-state index contributed by atoms with van der Waals surface area (Å²) in [5, 5.41) is 6.44. The Morgan fingerprint density at radius 3 is 1.85 bits per heavy atom. The van der Waals surface area contributed by atoms with Crippen LogP contribution in [-0.4, -0.2) is 4.57 Å². The van der Waals surface area contributed by atoms with Crippen LogP contribution < -0.4 is 4.57 Å². The van der Waals surface area contributed by atoms with Crippen molar-refractivity contribution in [1.82, 2.24) is 4.57 Å². The monoisotopic (exact) mass is 523 g/mol. The largest absolute Gasteiger partial charge is 0.309 e. The fourth-order valence-electron chi connectivity index (χ4n) is 6.49. The van der Waals surface area contributed by atoms with Crippen LogP contribution in [-0.2, 0) is 12.5 Å². The number of aromatic nitrogens is 2. The van der Waals surface area contributed by atoms with Crippen LogP contribution >= 0.6 is 0 Å². The predicted molar refractivity (Wildman–Crippen MR) is 166 cm³/mol. The van der Waals surface area contributed by atoms with Gasteiger partial charge < -0.3 is 4.57 Å². The van der Waals surface area contributed by atoms with E-state index in [1.54, 1.807) is 6.20 Å². The molecule has 0 bridgehead atoms. The molecule has 0 saturated heterocycles. The first kappa shape index (κ1) is 24.5. The molecule has 0 atom stereocenters. The Labute approximate surface area is 233 Å². The highest BCUT2D eigenvalue weighted by atomic mass is 19.1. The van der Waals surface area contributed by atoms with E-state index in [0.717, 1.165) is 33.4 Å². The molecule has 0 saturated carbocycles. The Balaban J connectivity index is 1.54. The number of halogens is 1. The minimum atomic E-state index is -0.224. The summed E-state index contributed by atoms with van der Waals surface area (Å²) >= 11 is 0. The number of pyridine rings is 1. The molecule has 7 aromatic rings. The maximum atomic E-state index is 15.8. The first-order valence-corrected chi connectivity index (χ1v) is 13.9. The van der Waals surface area contributed by atoms with Crippen LogP contribution in [0.4, 0.5) is 4.39 Å². The minimum Gasteiger partial charge on any atom is -0.309 e. The number of hydrogen-bond acceptors (Lipinski definition) is 0. The van der Waals surface area contributed by atoms with E-state index in [1.165, 1.54) is 32.7 Å². The fourth-order valence-corrected chi connectivity index (χ4v) is 6.49. The Kier molecular flexibility index (Phi) is 5.37. The van der Waals surface area contributed by atoms with Crippen molar-refractivity contribution in [3.05, 3.63) is 120 Å². The molecule has 40 heavy (non-hydrogen) atoms. The second kappa shape index (κ2) is 8.76. The normalized spacial score (nSPS) is 12.2. The minimum absolute atomic E-state index is 0.0415. The lowest BCUT2D eigenvalue weighted by atomic mass is 9.80. The molecule has 2 heterocycles. The van der Waals surface area contributed by atoms with Crippen molar-refractivity contribution in [1.29, 1.82) is 0 Å². The molecule has 196 valence electrons. The Bertz CT molecular complexity index is 2070. The molecule has 0 spiro atoms. The molecule has 0 N–H and O–H groups in total. The highest BCUT2D eigenvalue weighted by Gasteiger charge is 2.26. The molecular formula is C37H32FN2+. The van der Waals surface area contributed by atoms with E-state index in [1.807, 2.05) is 17.7 Å². The summed E-state index contributed by atoms with van der Waals surface area (Å²) in [5.74, 6) is -0.224. The number of rotatable bonds is 2. The van der Waals surface area contributed by atoms with E-state index >= 15 is 4.39 Å². The molecular weight excluding hydrogens is 491 g/mol. The number of aryl methyl sites for hydroxylation is 2. The van der Waals surface area contributed by atoms with Crippen molar-refractivity contribution in [3.63, 3.8) is 0 Å². The van der Waals surface area contributed by atoms with Gasteiger partial charge in [-0.3, -0.25) is 0 Å². The van der Waals surface area contributed by atoms with Crippen LogP contribution in [0.2, 0.25) is 0 Å². The maximum absolute atomic E-state index is 15.8. The lowest BCUT2D eigenvalue weighted by Gasteiger charge is -2.24. The van der Waals surface area contributed by atoms with E-state index in [4.69, 9.17) is 0 Å². The van der Waals surface area contributed by atoms with Crippen LogP contribution in [0.1, 0.15) is 31.9 Å². The molecule has 2 aromatic heterocycles. The molecule has 0 aliphatic carbocycles. The summed E-state index contributed by atoms with van der Waals surface area (Å²) in [6.07, 6.45) is 1.62. The lowest BCUT2D eigenvalue weighted by Crippen LogP contribution is -2.32. The average Bonchev–Trinajstić information content (AvgIpc) is 3.28. The van der Waals surface area contributed by atoms with Crippen molar-refractivity contribution < 1.29 is 8.96 Å². The topological polar surface area (TPSA) is 8.81 Å². The first-order chi connectivity index (χ1) is 19.2. The molecule has 0 fully saturated rings. The van der Waals surface area contributed by atoms with Crippen molar-refractivity contribution in [3.8, 4) is 16.9 Å². The van der Waals surface area contributed by atoms with Crippen molar-refractivity contribution in [2.45, 2.75) is 33.1 Å². The Morgan fingerprint density at radius 1 is 0.650 bits per heavy atom. The molecule has 0 radical (unpaired) electrons. The van der Waals surface area contributed by atoms with Gasteiger partial charge in [0.05, 0.1) is 22.0 Å². The Morgan fingerprint density at radius 2 is 1.23 bits per heavy atom. The maximum Gasteiger partial charge on any atom is 0.220 e. The first-order valence-electron chi connectivity index (χ1n) is 13.9. The molecule has 0 aliphatic heterocycles. The third kappa shape index (κ3) is 3.57. The van der Waals surface area contributed by atoms with Gasteiger partial charge in [-0.25, -0.2) is 0 Å². The van der Waals surface area contributed by atoms with Crippen LogP contribution in [0.15, 0.2) is 103 Å². The van der Waals surface area contributed by atoms with Crippen molar-refractivity contribution >= 4 is 43.4 Å². The summed E-state index contributed by atoms with van der Waals surface area (Å²) in [5.41, 5.74) is 7.81. The fraction of sp³-hybridized carbons (Fsp3) is 0.162. The van der Waals surface area contributed by atoms with Gasteiger partial charge in [0.2, 0.25) is 11.9 Å². The Hall–Kier alpha value is -4.50. The van der Waals surface area contributed by atoms with Gasteiger partial charge in [-0.05, 0) is 70.6 Å². The van der Waals surface area contributed by atoms with E-state index in [9.17, 15) is 0 Å². The number of para-hydroxylation sites is 2. The highest BCUT2D eigenvalue weighted by Crippen LogP contribution is 2.40. The van der Waals surface area contributed by atoms with Gasteiger partial charge in [0.15, 0.2) is 5.82 Å². The van der Waals surface area contributed by atoms with Gasteiger partial charge in [-0.1, -0.05) is 81.4 Å². The molecule has 2 nitrogen and oxygen atoms in total. The second-order valence-electron chi connectivity index (χ2n) is 11.9. The van der Waals surface area contributed by atoms with E-state index in [0.29, 0.717) is 5.39 Å². The molecule has 0 aliphatic rings. The van der Waals surface area contributed by atoms with Crippen molar-refractivity contribution in [2.24, 2.45) is 7.05 Å². The van der Waals surface area contributed by atoms with Crippen LogP contribution in [0.3, 0.4) is 0 Å². The summed E-state index contributed by atoms with van der Waals surface area (Å²) < 4.78 is 20.0. The SMILES string of the molecule is Cc1c(-c2c3ccc(-n4c5ccccc5c5ccccc54)cc3c(F)c[n+]2C)cc(C(C)(C)C)c2ccccc12. The van der Waals surface area contributed by atoms with Gasteiger partial charge >= 0.3 is 0 Å². The number of fused-ring (bicyclic) bond motifs is 5. The smallest absolute Gasteiger partial charge is 0.220 e. The molecule has 3 heteroatoms. The third-order valence-corrected chi connectivity index (χ3v) is 8.39. The molecule has 0 unspecified atom stereocenters. The van der Waals surface area contributed by atoms with E-state index < -0.39 is 0 Å². The van der Waals surface area contributed by atoms with Gasteiger partial charge in [-0.2, -0.15) is 8.96 Å². The summed E-state index contributed by atoms with van der Waals surface area (Å²) in [6.45, 7) is 8.96. The summed E-state index contributed by atoms with van der Waals surface area (Å²) in [4.78, 5) is 0. The van der Waals surface area contributed by atoms with Crippen molar-refractivity contribution in [2.75, 3.05) is 0 Å². The predicted octanol–water partition coefficient (Wildman–Crippen LogP) is 9.33. The quantitative estimate of drug-likeness (QED) is 0.200. The lowest BCUT2D eigenvalue weighted by molar-refractivity contribution is -0.660.